The van der Waals surface area contributed by atoms with Crippen molar-refractivity contribution in [2.75, 3.05) is 13.1 Å². The number of likely N-dealkylation sites (tertiary alicyclic amines) is 1. The molecule has 0 aromatic carbocycles. The Morgan fingerprint density at radius 2 is 1.91 bits per heavy atom. The molecule has 1 aliphatic carbocycles. The van der Waals surface area contributed by atoms with Crippen molar-refractivity contribution >= 4 is 6.09 Å². The lowest BCUT2D eigenvalue weighted by Crippen LogP contribution is -2.56. The van der Waals surface area contributed by atoms with E-state index in [-0.39, 0.29) is 12.2 Å². The van der Waals surface area contributed by atoms with Crippen LogP contribution in [0.2, 0.25) is 0 Å². The lowest BCUT2D eigenvalue weighted by molar-refractivity contribution is -0.0465. The van der Waals surface area contributed by atoms with Gasteiger partial charge in [0.05, 0.1) is 6.20 Å². The molecule has 1 aromatic rings. The van der Waals surface area contributed by atoms with E-state index in [1.807, 2.05) is 25.7 Å². The molecule has 1 saturated heterocycles. The van der Waals surface area contributed by atoms with Gasteiger partial charge in [0.2, 0.25) is 5.88 Å². The SMILES string of the molecule is CC(C)(C)OC(=O)N1CC2CCCC(C1)C2Oc1cnccn1. The van der Waals surface area contributed by atoms with Gasteiger partial charge in [0.1, 0.15) is 11.7 Å². The first-order chi connectivity index (χ1) is 10.9. The van der Waals surface area contributed by atoms with Gasteiger partial charge in [-0.1, -0.05) is 6.42 Å². The number of amides is 1. The standard InChI is InChI=1S/C17H25N3O3/c1-17(2,3)23-16(21)20-10-12-5-4-6-13(11-20)15(12)22-14-9-18-7-8-19-14/h7-9,12-13,15H,4-6,10-11H2,1-3H3. The summed E-state index contributed by atoms with van der Waals surface area (Å²) < 4.78 is 11.6. The van der Waals surface area contributed by atoms with Gasteiger partial charge in [0.25, 0.3) is 0 Å². The first kappa shape index (κ1) is 16.0. The highest BCUT2D eigenvalue weighted by Gasteiger charge is 2.43. The third-order valence-electron chi connectivity index (χ3n) is 4.44. The van der Waals surface area contributed by atoms with Crippen LogP contribution in [0.15, 0.2) is 18.6 Å². The van der Waals surface area contributed by atoms with Crippen LogP contribution >= 0.6 is 0 Å². The monoisotopic (exact) mass is 319 g/mol. The van der Waals surface area contributed by atoms with E-state index in [1.54, 1.807) is 18.6 Å². The Hall–Kier alpha value is -1.85. The fourth-order valence-corrected chi connectivity index (χ4v) is 3.54. The van der Waals surface area contributed by atoms with E-state index in [9.17, 15) is 4.79 Å². The van der Waals surface area contributed by atoms with Crippen molar-refractivity contribution in [2.24, 2.45) is 11.8 Å². The lowest BCUT2D eigenvalue weighted by Gasteiger charge is -2.46. The highest BCUT2D eigenvalue weighted by atomic mass is 16.6. The summed E-state index contributed by atoms with van der Waals surface area (Å²) in [5.41, 5.74) is -0.459. The molecule has 1 aromatic heterocycles. The number of nitrogens with zero attached hydrogens (tertiary/aromatic N) is 3. The fraction of sp³-hybridized carbons (Fsp3) is 0.706. The molecule has 0 spiro atoms. The van der Waals surface area contributed by atoms with Crippen molar-refractivity contribution < 1.29 is 14.3 Å². The van der Waals surface area contributed by atoms with Crippen molar-refractivity contribution in [1.29, 1.82) is 0 Å². The van der Waals surface area contributed by atoms with E-state index in [0.29, 0.717) is 30.8 Å². The maximum Gasteiger partial charge on any atom is 0.410 e. The Labute approximate surface area is 137 Å². The van der Waals surface area contributed by atoms with E-state index in [1.165, 1.54) is 6.42 Å². The fourth-order valence-electron chi connectivity index (χ4n) is 3.54. The predicted molar refractivity (Wildman–Crippen MR) is 85.1 cm³/mol. The number of carbonyl (C=O) groups excluding carboxylic acids is 1. The molecule has 2 unspecified atom stereocenters. The van der Waals surface area contributed by atoms with Crippen molar-refractivity contribution in [1.82, 2.24) is 14.9 Å². The van der Waals surface area contributed by atoms with Gasteiger partial charge in [0, 0.05) is 37.3 Å². The zero-order valence-corrected chi connectivity index (χ0v) is 14.1. The molecule has 6 heteroatoms. The first-order valence-corrected chi connectivity index (χ1v) is 8.33. The van der Waals surface area contributed by atoms with Crippen molar-refractivity contribution in [3.05, 3.63) is 18.6 Å². The van der Waals surface area contributed by atoms with Gasteiger partial charge in [-0.15, -0.1) is 0 Å². The van der Waals surface area contributed by atoms with E-state index >= 15 is 0 Å². The number of hydrogen-bond acceptors (Lipinski definition) is 5. The number of carbonyl (C=O) groups is 1. The molecule has 2 bridgehead atoms. The molecule has 1 amide bonds. The summed E-state index contributed by atoms with van der Waals surface area (Å²) in [7, 11) is 0. The molecule has 6 nitrogen and oxygen atoms in total. The van der Waals surface area contributed by atoms with Gasteiger partial charge in [-0.25, -0.2) is 9.78 Å². The average Bonchev–Trinajstić information content (AvgIpc) is 2.46. The number of rotatable bonds is 2. The second-order valence-electron chi connectivity index (χ2n) is 7.46. The molecule has 126 valence electrons. The van der Waals surface area contributed by atoms with E-state index in [2.05, 4.69) is 9.97 Å². The Morgan fingerprint density at radius 1 is 1.22 bits per heavy atom. The Kier molecular flexibility index (Phi) is 4.41. The molecule has 3 rings (SSSR count). The van der Waals surface area contributed by atoms with Crippen molar-refractivity contribution in [2.45, 2.75) is 51.7 Å². The predicted octanol–water partition coefficient (Wildman–Crippen LogP) is 2.89. The normalized spacial score (nSPS) is 27.4. The molecular weight excluding hydrogens is 294 g/mol. The van der Waals surface area contributed by atoms with E-state index < -0.39 is 5.60 Å². The van der Waals surface area contributed by atoms with Gasteiger partial charge in [-0.2, -0.15) is 0 Å². The van der Waals surface area contributed by atoms with Crippen LogP contribution < -0.4 is 4.74 Å². The molecule has 2 fully saturated rings. The second kappa shape index (κ2) is 6.34. The van der Waals surface area contributed by atoms with Crippen LogP contribution in [-0.4, -0.2) is 45.8 Å². The molecular formula is C17H25N3O3. The molecule has 2 aliphatic rings. The van der Waals surface area contributed by atoms with Crippen LogP contribution in [0.25, 0.3) is 0 Å². The largest absolute Gasteiger partial charge is 0.473 e. The quantitative estimate of drug-likeness (QED) is 0.838. The summed E-state index contributed by atoms with van der Waals surface area (Å²) in [6.45, 7) is 7.08. The summed E-state index contributed by atoms with van der Waals surface area (Å²) >= 11 is 0. The van der Waals surface area contributed by atoms with Crippen LogP contribution in [0.5, 0.6) is 5.88 Å². The van der Waals surface area contributed by atoms with Gasteiger partial charge < -0.3 is 14.4 Å². The molecule has 2 atom stereocenters. The van der Waals surface area contributed by atoms with Gasteiger partial charge in [-0.3, -0.25) is 4.98 Å². The summed E-state index contributed by atoms with van der Waals surface area (Å²) in [5, 5.41) is 0. The van der Waals surface area contributed by atoms with Crippen LogP contribution in [0, 0.1) is 11.8 Å². The third-order valence-corrected chi connectivity index (χ3v) is 4.44. The van der Waals surface area contributed by atoms with Crippen molar-refractivity contribution in [3.63, 3.8) is 0 Å². The summed E-state index contributed by atoms with van der Waals surface area (Å²) in [4.78, 5) is 22.5. The van der Waals surface area contributed by atoms with Crippen LogP contribution in [-0.2, 0) is 4.74 Å². The Balaban J connectivity index is 1.67. The zero-order chi connectivity index (χ0) is 16.4. The molecule has 2 heterocycles. The second-order valence-corrected chi connectivity index (χ2v) is 7.46. The maximum atomic E-state index is 12.4. The number of aromatic nitrogens is 2. The molecule has 0 N–H and O–H groups in total. The minimum atomic E-state index is -0.459. The summed E-state index contributed by atoms with van der Waals surface area (Å²) in [6.07, 6.45) is 8.15. The zero-order valence-electron chi connectivity index (χ0n) is 14.1. The molecule has 23 heavy (non-hydrogen) atoms. The summed E-state index contributed by atoms with van der Waals surface area (Å²) in [6, 6.07) is 0. The Morgan fingerprint density at radius 3 is 2.48 bits per heavy atom. The number of piperidine rings is 1. The van der Waals surface area contributed by atoms with Crippen LogP contribution in [0.3, 0.4) is 0 Å². The highest BCUT2D eigenvalue weighted by Crippen LogP contribution is 2.37. The van der Waals surface area contributed by atoms with E-state index in [4.69, 9.17) is 9.47 Å². The number of fused-ring (bicyclic) bond motifs is 2. The smallest absolute Gasteiger partial charge is 0.410 e. The molecule has 1 aliphatic heterocycles. The molecule has 1 saturated carbocycles. The Bertz CT molecular complexity index is 530. The van der Waals surface area contributed by atoms with Crippen LogP contribution in [0.1, 0.15) is 40.0 Å². The lowest BCUT2D eigenvalue weighted by atomic mass is 9.75. The van der Waals surface area contributed by atoms with Crippen LogP contribution in [0.4, 0.5) is 4.79 Å². The first-order valence-electron chi connectivity index (χ1n) is 8.33. The van der Waals surface area contributed by atoms with Gasteiger partial charge in [-0.05, 0) is 33.6 Å². The highest BCUT2D eigenvalue weighted by molar-refractivity contribution is 5.68. The minimum Gasteiger partial charge on any atom is -0.473 e. The molecule has 0 radical (unpaired) electrons. The third kappa shape index (κ3) is 3.92. The topological polar surface area (TPSA) is 64.5 Å². The number of hydrogen-bond donors (Lipinski definition) is 0. The summed E-state index contributed by atoms with van der Waals surface area (Å²) in [5.74, 6) is 1.23. The van der Waals surface area contributed by atoms with Gasteiger partial charge in [0.15, 0.2) is 0 Å². The average molecular weight is 319 g/mol. The van der Waals surface area contributed by atoms with Gasteiger partial charge >= 0.3 is 6.09 Å². The van der Waals surface area contributed by atoms with E-state index in [0.717, 1.165) is 12.8 Å². The maximum absolute atomic E-state index is 12.4. The number of ether oxygens (including phenoxy) is 2. The van der Waals surface area contributed by atoms with Crippen molar-refractivity contribution in [3.8, 4) is 5.88 Å². The minimum absolute atomic E-state index is 0.110.